The quantitative estimate of drug-likeness (QED) is 0.619. The molecule has 0 saturated heterocycles. The molecule has 1 aromatic heterocycles. The molecule has 0 amide bonds. The van der Waals surface area contributed by atoms with Crippen molar-refractivity contribution in [1.29, 1.82) is 0 Å². The lowest BCUT2D eigenvalue weighted by Crippen LogP contribution is -1.86. The van der Waals surface area contributed by atoms with E-state index >= 15 is 0 Å². The van der Waals surface area contributed by atoms with E-state index in [1.165, 1.54) is 0 Å². The van der Waals surface area contributed by atoms with Gasteiger partial charge in [-0.05, 0) is 12.1 Å². The van der Waals surface area contributed by atoms with Crippen molar-refractivity contribution in [3.63, 3.8) is 0 Å². The van der Waals surface area contributed by atoms with Gasteiger partial charge in [-0.3, -0.25) is 0 Å². The first-order valence-corrected chi connectivity index (χ1v) is 6.83. The Morgan fingerprint density at radius 1 is 0.857 bits per heavy atom. The molecule has 0 atom stereocenters. The third-order valence-electron chi connectivity index (χ3n) is 3.24. The van der Waals surface area contributed by atoms with E-state index in [2.05, 4.69) is 0 Å². The van der Waals surface area contributed by atoms with E-state index in [0.29, 0.717) is 0 Å². The fourth-order valence-electron chi connectivity index (χ4n) is 2.18. The molecule has 0 aliphatic rings. The number of hydrogen-bond acceptors (Lipinski definition) is 2. The molecule has 0 unspecified atom stereocenters. The highest BCUT2D eigenvalue weighted by Crippen LogP contribution is 2.25. The fourth-order valence-corrected chi connectivity index (χ4v) is 2.18. The average molecular weight is 276 g/mol. The Morgan fingerprint density at radius 3 is 2.19 bits per heavy atom. The number of rotatable bonds is 4. The van der Waals surface area contributed by atoms with Gasteiger partial charge in [0.1, 0.15) is 17.3 Å². The molecular weight excluding hydrogens is 260 g/mol. The molecule has 104 valence electrons. The molecule has 0 fully saturated rings. The normalized spacial score (nSPS) is 11.4. The highest BCUT2D eigenvalue weighted by molar-refractivity contribution is 5.76. The highest BCUT2D eigenvalue weighted by atomic mass is 16.5. The van der Waals surface area contributed by atoms with Gasteiger partial charge < -0.3 is 9.15 Å². The molecule has 3 aromatic rings. The first kappa shape index (κ1) is 13.3. The van der Waals surface area contributed by atoms with Gasteiger partial charge in [0.25, 0.3) is 0 Å². The summed E-state index contributed by atoms with van der Waals surface area (Å²) in [7, 11) is 1.67. The van der Waals surface area contributed by atoms with E-state index in [4.69, 9.17) is 9.15 Å². The predicted molar refractivity (Wildman–Crippen MR) is 85.5 cm³/mol. The molecule has 0 bridgehead atoms. The Bertz CT molecular complexity index is 725. The van der Waals surface area contributed by atoms with Gasteiger partial charge in [0.15, 0.2) is 0 Å². The molecule has 1 heterocycles. The van der Waals surface area contributed by atoms with Gasteiger partial charge in [0.05, 0.1) is 7.11 Å². The summed E-state index contributed by atoms with van der Waals surface area (Å²) in [5.74, 6) is 2.41. The van der Waals surface area contributed by atoms with Gasteiger partial charge in [-0.15, -0.1) is 0 Å². The Kier molecular flexibility index (Phi) is 3.88. The Balaban J connectivity index is 1.91. The van der Waals surface area contributed by atoms with Crippen molar-refractivity contribution >= 4 is 11.8 Å². The zero-order valence-electron chi connectivity index (χ0n) is 11.8. The Morgan fingerprint density at radius 2 is 1.52 bits per heavy atom. The first-order chi connectivity index (χ1) is 10.4. The first-order valence-electron chi connectivity index (χ1n) is 6.83. The van der Waals surface area contributed by atoms with E-state index < -0.39 is 0 Å². The number of hydrogen-bond donors (Lipinski definition) is 0. The minimum atomic E-state index is 0.773. The van der Waals surface area contributed by atoms with E-state index in [-0.39, 0.29) is 0 Å². The van der Waals surface area contributed by atoms with E-state index in [1.54, 1.807) is 7.11 Å². The van der Waals surface area contributed by atoms with Crippen LogP contribution in [0.5, 0.6) is 0 Å². The van der Waals surface area contributed by atoms with Crippen molar-refractivity contribution in [2.45, 2.75) is 0 Å². The maximum Gasteiger partial charge on any atom is 0.134 e. The van der Waals surface area contributed by atoms with Crippen molar-refractivity contribution < 1.29 is 9.15 Å². The highest BCUT2D eigenvalue weighted by Gasteiger charge is 2.05. The Hall–Kier alpha value is -2.74. The molecule has 21 heavy (non-hydrogen) atoms. The summed E-state index contributed by atoms with van der Waals surface area (Å²) in [5.41, 5.74) is 2.09. The van der Waals surface area contributed by atoms with Crippen molar-refractivity contribution in [2.24, 2.45) is 0 Å². The molecular formula is C19H16O2. The second kappa shape index (κ2) is 6.14. The van der Waals surface area contributed by atoms with Crippen LogP contribution in [0, 0.1) is 0 Å². The minimum absolute atomic E-state index is 0.773. The summed E-state index contributed by atoms with van der Waals surface area (Å²) in [6.45, 7) is 0. The minimum Gasteiger partial charge on any atom is -0.496 e. The van der Waals surface area contributed by atoms with Crippen LogP contribution in [0.1, 0.15) is 11.3 Å². The summed E-state index contributed by atoms with van der Waals surface area (Å²) < 4.78 is 11.3. The molecule has 0 spiro atoms. The molecule has 0 aliphatic carbocycles. The van der Waals surface area contributed by atoms with Gasteiger partial charge in [-0.2, -0.15) is 0 Å². The number of furan rings is 1. The topological polar surface area (TPSA) is 22.4 Å². The summed E-state index contributed by atoms with van der Waals surface area (Å²) in [6.07, 6.45) is 1.90. The smallest absolute Gasteiger partial charge is 0.134 e. The van der Waals surface area contributed by atoms with Crippen LogP contribution in [-0.2, 0) is 4.74 Å². The third-order valence-corrected chi connectivity index (χ3v) is 3.24. The van der Waals surface area contributed by atoms with Crippen LogP contribution in [-0.4, -0.2) is 7.11 Å². The van der Waals surface area contributed by atoms with Crippen LogP contribution in [0.2, 0.25) is 0 Å². The second-order valence-corrected chi connectivity index (χ2v) is 4.65. The van der Waals surface area contributed by atoms with Gasteiger partial charge in [-0.25, -0.2) is 0 Å². The lowest BCUT2D eigenvalue weighted by Gasteiger charge is -2.05. The van der Waals surface area contributed by atoms with Crippen LogP contribution >= 0.6 is 0 Å². The van der Waals surface area contributed by atoms with Gasteiger partial charge in [0, 0.05) is 17.2 Å². The van der Waals surface area contributed by atoms with E-state index in [1.807, 2.05) is 78.9 Å². The maximum absolute atomic E-state index is 5.87. The standard InChI is InChI=1S/C19H16O2/c1-20-19(16-10-6-3-7-11-16)14-17-12-13-18(21-17)15-8-4-2-5-9-15/h2-14H,1H3/b19-14+. The molecule has 3 rings (SSSR count). The number of benzene rings is 2. The Labute approximate surface area is 124 Å². The molecule has 0 aliphatic heterocycles. The van der Waals surface area contributed by atoms with Crippen molar-refractivity contribution in [3.8, 4) is 11.3 Å². The van der Waals surface area contributed by atoms with Crippen molar-refractivity contribution in [2.75, 3.05) is 7.11 Å². The molecule has 0 radical (unpaired) electrons. The van der Waals surface area contributed by atoms with Crippen molar-refractivity contribution in [1.82, 2.24) is 0 Å². The number of methoxy groups -OCH3 is 1. The molecule has 2 aromatic carbocycles. The summed E-state index contributed by atoms with van der Waals surface area (Å²) in [4.78, 5) is 0. The predicted octanol–water partition coefficient (Wildman–Crippen LogP) is 5.09. The van der Waals surface area contributed by atoms with Crippen LogP contribution in [0.15, 0.2) is 77.2 Å². The largest absolute Gasteiger partial charge is 0.496 e. The van der Waals surface area contributed by atoms with Crippen LogP contribution < -0.4 is 0 Å². The SMILES string of the molecule is CO/C(=C/c1ccc(-c2ccccc2)o1)c1ccccc1. The van der Waals surface area contributed by atoms with Gasteiger partial charge >= 0.3 is 0 Å². The molecule has 0 saturated carbocycles. The second-order valence-electron chi connectivity index (χ2n) is 4.65. The third kappa shape index (κ3) is 3.06. The zero-order valence-corrected chi connectivity index (χ0v) is 11.8. The lowest BCUT2D eigenvalue weighted by molar-refractivity contribution is 0.372. The fraction of sp³-hybridized carbons (Fsp3) is 0.0526. The monoisotopic (exact) mass is 276 g/mol. The summed E-state index contributed by atoms with van der Waals surface area (Å²) in [5, 5.41) is 0. The average Bonchev–Trinajstić information content (AvgIpc) is 3.03. The van der Waals surface area contributed by atoms with Crippen molar-refractivity contribution in [3.05, 3.63) is 84.1 Å². The van der Waals surface area contributed by atoms with Crippen LogP contribution in [0.25, 0.3) is 23.2 Å². The van der Waals surface area contributed by atoms with Crippen LogP contribution in [0.4, 0.5) is 0 Å². The summed E-state index contributed by atoms with van der Waals surface area (Å²) >= 11 is 0. The van der Waals surface area contributed by atoms with Gasteiger partial charge in [-0.1, -0.05) is 60.7 Å². The van der Waals surface area contributed by atoms with E-state index in [0.717, 1.165) is 28.4 Å². The molecule has 2 nitrogen and oxygen atoms in total. The van der Waals surface area contributed by atoms with E-state index in [9.17, 15) is 0 Å². The zero-order chi connectivity index (χ0) is 14.5. The van der Waals surface area contributed by atoms with Crippen LogP contribution in [0.3, 0.4) is 0 Å². The molecule has 2 heteroatoms. The lowest BCUT2D eigenvalue weighted by atomic mass is 10.1. The maximum atomic E-state index is 5.87. The van der Waals surface area contributed by atoms with Gasteiger partial charge in [0.2, 0.25) is 0 Å². The number of ether oxygens (including phenoxy) is 1. The molecule has 0 N–H and O–H groups in total. The summed E-state index contributed by atoms with van der Waals surface area (Å²) in [6, 6.07) is 23.9.